The van der Waals surface area contributed by atoms with Crippen molar-refractivity contribution in [3.8, 4) is 0 Å². The molecular weight excluding hydrogens is 327 g/mol. The molecule has 0 aliphatic carbocycles. The third kappa shape index (κ3) is 22.2. The molecule has 23 heavy (non-hydrogen) atoms. The summed E-state index contributed by atoms with van der Waals surface area (Å²) in [6.07, 6.45) is 22.3. The molecule has 0 saturated carbocycles. The van der Waals surface area contributed by atoms with Gasteiger partial charge in [0.2, 0.25) is 0 Å². The maximum Gasteiger partial charge on any atom is 0.383 e. The van der Waals surface area contributed by atoms with Gasteiger partial charge in [0.1, 0.15) is 0 Å². The second kappa shape index (κ2) is 17.1. The second-order valence-electron chi connectivity index (χ2n) is 6.26. The molecule has 5 heteroatoms. The van der Waals surface area contributed by atoms with Gasteiger partial charge in [0, 0.05) is 5.75 Å². The first kappa shape index (κ1) is 23.2. The lowest BCUT2D eigenvalue weighted by atomic mass is 10.1. The standard InChI is InChI=1S/C18H37O3PS/c1-2-3-4-5-6-7-8-9-10-11-12-13-14-15-16-17-18-23-22(19,20)21/h9-10H,2-8,11-18H2,1H3,(H2,19,20,21). The molecule has 0 aromatic carbocycles. The topological polar surface area (TPSA) is 57.5 Å². The molecule has 0 aliphatic heterocycles. The fraction of sp³-hybridized carbons (Fsp3) is 0.889. The number of rotatable bonds is 17. The zero-order valence-electron chi connectivity index (χ0n) is 14.9. The van der Waals surface area contributed by atoms with E-state index in [0.717, 1.165) is 24.2 Å². The van der Waals surface area contributed by atoms with Gasteiger partial charge in [-0.3, -0.25) is 0 Å². The molecular formula is C18H37O3PS. The van der Waals surface area contributed by atoms with Gasteiger partial charge in [-0.15, -0.1) is 0 Å². The van der Waals surface area contributed by atoms with Gasteiger partial charge in [-0.2, -0.15) is 0 Å². The number of unbranched alkanes of at least 4 members (excludes halogenated alkanes) is 12. The third-order valence-electron chi connectivity index (χ3n) is 3.92. The van der Waals surface area contributed by atoms with Gasteiger partial charge in [-0.1, -0.05) is 76.9 Å². The average molecular weight is 365 g/mol. The van der Waals surface area contributed by atoms with Crippen LogP contribution in [0.1, 0.15) is 96.8 Å². The van der Waals surface area contributed by atoms with Crippen LogP contribution >= 0.6 is 18.2 Å². The highest BCUT2D eigenvalue weighted by atomic mass is 32.7. The van der Waals surface area contributed by atoms with E-state index in [-0.39, 0.29) is 0 Å². The molecule has 0 radical (unpaired) electrons. The molecule has 2 N–H and O–H groups in total. The highest BCUT2D eigenvalue weighted by molar-refractivity contribution is 8.54. The summed E-state index contributed by atoms with van der Waals surface area (Å²) in [4.78, 5) is 17.4. The smallest absolute Gasteiger partial charge is 0.317 e. The lowest BCUT2D eigenvalue weighted by Crippen LogP contribution is -1.83. The van der Waals surface area contributed by atoms with E-state index in [2.05, 4.69) is 19.1 Å². The fourth-order valence-electron chi connectivity index (χ4n) is 2.53. The van der Waals surface area contributed by atoms with Crippen LogP contribution in [0.25, 0.3) is 0 Å². The Labute approximate surface area is 147 Å². The molecule has 0 unspecified atom stereocenters. The summed E-state index contributed by atoms with van der Waals surface area (Å²) in [7, 11) is 0. The first-order valence-corrected chi connectivity index (χ1v) is 12.6. The summed E-state index contributed by atoms with van der Waals surface area (Å²) in [5.74, 6) is 0.575. The van der Waals surface area contributed by atoms with Crippen LogP contribution < -0.4 is 0 Å². The lowest BCUT2D eigenvalue weighted by molar-refractivity contribution is 0.397. The summed E-state index contributed by atoms with van der Waals surface area (Å²) in [5.41, 5.74) is 0. The van der Waals surface area contributed by atoms with Crippen LogP contribution in [-0.4, -0.2) is 15.5 Å². The van der Waals surface area contributed by atoms with Crippen molar-refractivity contribution < 1.29 is 14.4 Å². The van der Waals surface area contributed by atoms with Crippen LogP contribution in [0.5, 0.6) is 0 Å². The van der Waals surface area contributed by atoms with Crippen LogP contribution in [0.3, 0.4) is 0 Å². The molecule has 0 bridgehead atoms. The van der Waals surface area contributed by atoms with Gasteiger partial charge in [-0.05, 0) is 43.5 Å². The minimum atomic E-state index is -3.85. The van der Waals surface area contributed by atoms with E-state index >= 15 is 0 Å². The van der Waals surface area contributed by atoms with E-state index in [0.29, 0.717) is 5.75 Å². The van der Waals surface area contributed by atoms with Crippen molar-refractivity contribution in [2.75, 3.05) is 5.75 Å². The van der Waals surface area contributed by atoms with Gasteiger partial charge in [0.25, 0.3) is 0 Å². The molecule has 0 saturated heterocycles. The van der Waals surface area contributed by atoms with Gasteiger partial charge in [0.15, 0.2) is 0 Å². The molecule has 0 rings (SSSR count). The van der Waals surface area contributed by atoms with Crippen LogP contribution in [0.15, 0.2) is 12.2 Å². The SMILES string of the molecule is CCCCCCCCC=CCCCCCCCCSP(=O)(O)O. The Morgan fingerprint density at radius 3 is 1.65 bits per heavy atom. The van der Waals surface area contributed by atoms with Crippen LogP contribution in [0.4, 0.5) is 0 Å². The van der Waals surface area contributed by atoms with E-state index in [9.17, 15) is 4.57 Å². The van der Waals surface area contributed by atoms with Gasteiger partial charge in [0.05, 0.1) is 0 Å². The molecule has 0 atom stereocenters. The fourth-order valence-corrected chi connectivity index (χ4v) is 4.20. The molecule has 3 nitrogen and oxygen atoms in total. The number of hydrogen-bond acceptors (Lipinski definition) is 2. The minimum absolute atomic E-state index is 0.575. The van der Waals surface area contributed by atoms with E-state index in [1.165, 1.54) is 77.0 Å². The lowest BCUT2D eigenvalue weighted by Gasteiger charge is -2.03. The molecule has 0 fully saturated rings. The average Bonchev–Trinajstić information content (AvgIpc) is 2.49. The maximum atomic E-state index is 10.6. The normalized spacial score (nSPS) is 12.3. The monoisotopic (exact) mass is 364 g/mol. The summed E-state index contributed by atoms with van der Waals surface area (Å²) < 4.78 is 10.6. The first-order valence-electron chi connectivity index (χ1n) is 9.41. The Kier molecular flexibility index (Phi) is 17.3. The van der Waals surface area contributed by atoms with Crippen molar-refractivity contribution in [3.05, 3.63) is 12.2 Å². The molecule has 138 valence electrons. The van der Waals surface area contributed by atoms with Crippen LogP contribution in [0, 0.1) is 0 Å². The van der Waals surface area contributed by atoms with Crippen molar-refractivity contribution in [2.45, 2.75) is 96.8 Å². The highest BCUT2D eigenvalue weighted by Gasteiger charge is 2.11. The summed E-state index contributed by atoms with van der Waals surface area (Å²) in [6, 6.07) is 0. The summed E-state index contributed by atoms with van der Waals surface area (Å²) in [5, 5.41) is 0. The zero-order valence-corrected chi connectivity index (χ0v) is 16.6. The Morgan fingerprint density at radius 2 is 1.17 bits per heavy atom. The van der Waals surface area contributed by atoms with E-state index in [4.69, 9.17) is 9.79 Å². The molecule has 0 amide bonds. The Morgan fingerprint density at radius 1 is 0.739 bits per heavy atom. The quantitative estimate of drug-likeness (QED) is 0.168. The summed E-state index contributed by atoms with van der Waals surface area (Å²) >= 11 is 0.778. The van der Waals surface area contributed by atoms with E-state index in [1.54, 1.807) is 0 Å². The van der Waals surface area contributed by atoms with E-state index < -0.39 is 6.80 Å². The van der Waals surface area contributed by atoms with Crippen molar-refractivity contribution >= 4 is 18.2 Å². The molecule has 0 aromatic rings. The maximum absolute atomic E-state index is 10.6. The Hall–Kier alpha value is 0.240. The molecule has 0 aromatic heterocycles. The van der Waals surface area contributed by atoms with Crippen LogP contribution in [0.2, 0.25) is 0 Å². The van der Waals surface area contributed by atoms with Gasteiger partial charge >= 0.3 is 6.80 Å². The molecule has 0 aliphatic rings. The van der Waals surface area contributed by atoms with Crippen molar-refractivity contribution in [3.63, 3.8) is 0 Å². The second-order valence-corrected chi connectivity index (χ2v) is 10.1. The third-order valence-corrected chi connectivity index (χ3v) is 6.28. The minimum Gasteiger partial charge on any atom is -0.317 e. The number of allylic oxidation sites excluding steroid dienone is 2. The largest absolute Gasteiger partial charge is 0.383 e. The number of hydrogen-bond donors (Lipinski definition) is 2. The molecule has 0 heterocycles. The zero-order chi connectivity index (χ0) is 17.2. The van der Waals surface area contributed by atoms with Gasteiger partial charge in [-0.25, -0.2) is 4.57 Å². The van der Waals surface area contributed by atoms with Crippen molar-refractivity contribution in [1.29, 1.82) is 0 Å². The highest BCUT2D eigenvalue weighted by Crippen LogP contribution is 2.50. The predicted octanol–water partition coefficient (Wildman–Crippen LogP) is 6.85. The van der Waals surface area contributed by atoms with Crippen LogP contribution in [-0.2, 0) is 4.57 Å². The van der Waals surface area contributed by atoms with E-state index in [1.807, 2.05) is 0 Å². The predicted molar refractivity (Wildman–Crippen MR) is 104 cm³/mol. The van der Waals surface area contributed by atoms with Gasteiger partial charge < -0.3 is 9.79 Å². The summed E-state index contributed by atoms with van der Waals surface area (Å²) in [6.45, 7) is -1.59. The molecule has 0 spiro atoms. The first-order chi connectivity index (χ1) is 11.1. The Balaban J connectivity index is 3.12. The Bertz CT molecular complexity index is 315. The van der Waals surface area contributed by atoms with Crippen molar-refractivity contribution in [2.24, 2.45) is 0 Å². The van der Waals surface area contributed by atoms with Crippen molar-refractivity contribution in [1.82, 2.24) is 0 Å².